The molecule has 0 spiro atoms. The van der Waals surface area contributed by atoms with Crippen LogP contribution in [0, 0.1) is 0 Å². The Morgan fingerprint density at radius 3 is 2.26 bits per heavy atom. The van der Waals surface area contributed by atoms with E-state index in [0.717, 1.165) is 25.7 Å². The molecule has 0 heterocycles. The van der Waals surface area contributed by atoms with E-state index in [0.29, 0.717) is 11.3 Å². The molecule has 0 saturated heterocycles. The first-order valence-electron chi connectivity index (χ1n) is 6.48. The largest absolute Gasteiger partial charge is 0.355 e. The molecular formula is C14H19N3O2. The molecule has 102 valence electrons. The van der Waals surface area contributed by atoms with Gasteiger partial charge in [0.2, 0.25) is 5.91 Å². The van der Waals surface area contributed by atoms with Crippen LogP contribution in [0.2, 0.25) is 0 Å². The molecule has 2 amide bonds. The molecule has 1 fully saturated rings. The van der Waals surface area contributed by atoms with Crippen molar-refractivity contribution in [3.8, 4) is 0 Å². The van der Waals surface area contributed by atoms with Gasteiger partial charge in [-0.3, -0.25) is 9.59 Å². The zero-order valence-corrected chi connectivity index (χ0v) is 11.0. The van der Waals surface area contributed by atoms with Crippen molar-refractivity contribution in [2.24, 2.45) is 5.73 Å². The molecule has 1 aromatic carbocycles. The van der Waals surface area contributed by atoms with E-state index >= 15 is 0 Å². The second kappa shape index (κ2) is 5.40. The van der Waals surface area contributed by atoms with Crippen LogP contribution < -0.4 is 16.4 Å². The maximum Gasteiger partial charge on any atom is 0.251 e. The lowest BCUT2D eigenvalue weighted by atomic mass is 9.98. The minimum atomic E-state index is -0.737. The molecule has 0 bridgehead atoms. The maximum atomic E-state index is 12.1. The number of nitrogens with one attached hydrogen (secondary N) is 2. The Bertz CT molecular complexity index is 476. The molecule has 4 N–H and O–H groups in total. The van der Waals surface area contributed by atoms with Crippen molar-refractivity contribution in [3.63, 3.8) is 0 Å². The van der Waals surface area contributed by atoms with E-state index in [4.69, 9.17) is 5.73 Å². The lowest BCUT2D eigenvalue weighted by Crippen LogP contribution is -2.48. The van der Waals surface area contributed by atoms with Crippen LogP contribution in [-0.2, 0) is 4.79 Å². The lowest BCUT2D eigenvalue weighted by molar-refractivity contribution is -0.121. The van der Waals surface area contributed by atoms with Crippen LogP contribution in [0.1, 0.15) is 36.0 Å². The van der Waals surface area contributed by atoms with Gasteiger partial charge < -0.3 is 16.4 Å². The molecule has 0 radical (unpaired) electrons. The Kier molecular flexibility index (Phi) is 3.85. The normalized spacial score (nSPS) is 16.9. The molecule has 1 aromatic rings. The van der Waals surface area contributed by atoms with Gasteiger partial charge in [-0.2, -0.15) is 0 Å². The average Bonchev–Trinajstić information content (AvgIpc) is 2.87. The third kappa shape index (κ3) is 2.93. The van der Waals surface area contributed by atoms with Crippen molar-refractivity contribution < 1.29 is 9.59 Å². The van der Waals surface area contributed by atoms with Crippen LogP contribution in [0.4, 0.5) is 5.69 Å². The van der Waals surface area contributed by atoms with E-state index in [1.165, 1.54) is 0 Å². The summed E-state index contributed by atoms with van der Waals surface area (Å²) < 4.78 is 0. The number of benzene rings is 1. The van der Waals surface area contributed by atoms with Gasteiger partial charge in [0.15, 0.2) is 0 Å². The van der Waals surface area contributed by atoms with Gasteiger partial charge >= 0.3 is 0 Å². The summed E-state index contributed by atoms with van der Waals surface area (Å²) in [6, 6.07) is 6.76. The highest BCUT2D eigenvalue weighted by Gasteiger charge is 2.36. The molecule has 5 nitrogen and oxygen atoms in total. The van der Waals surface area contributed by atoms with Crippen LogP contribution in [0.25, 0.3) is 0 Å². The first-order valence-corrected chi connectivity index (χ1v) is 6.48. The van der Waals surface area contributed by atoms with Crippen molar-refractivity contribution in [2.75, 3.05) is 12.4 Å². The Morgan fingerprint density at radius 2 is 1.74 bits per heavy atom. The van der Waals surface area contributed by atoms with Crippen molar-refractivity contribution in [1.82, 2.24) is 5.32 Å². The molecule has 1 aliphatic carbocycles. The molecule has 1 saturated carbocycles. The summed E-state index contributed by atoms with van der Waals surface area (Å²) in [5.74, 6) is -0.290. The Balaban J connectivity index is 2.03. The lowest BCUT2D eigenvalue weighted by Gasteiger charge is -2.22. The van der Waals surface area contributed by atoms with Gasteiger partial charge in [0.05, 0.1) is 5.54 Å². The third-order valence-electron chi connectivity index (χ3n) is 3.58. The van der Waals surface area contributed by atoms with Crippen LogP contribution in [0.5, 0.6) is 0 Å². The second-order valence-corrected chi connectivity index (χ2v) is 4.97. The molecule has 0 aromatic heterocycles. The first-order chi connectivity index (χ1) is 9.05. The number of hydrogen-bond donors (Lipinski definition) is 3. The van der Waals surface area contributed by atoms with Crippen molar-refractivity contribution in [1.29, 1.82) is 0 Å². The number of nitrogens with two attached hydrogens (primary N) is 1. The van der Waals surface area contributed by atoms with Crippen molar-refractivity contribution >= 4 is 17.5 Å². The number of anilines is 1. The van der Waals surface area contributed by atoms with E-state index < -0.39 is 5.54 Å². The molecule has 1 aliphatic rings. The minimum absolute atomic E-state index is 0.141. The van der Waals surface area contributed by atoms with Crippen LogP contribution in [0.3, 0.4) is 0 Å². The maximum absolute atomic E-state index is 12.1. The molecule has 0 atom stereocenters. The Labute approximate surface area is 112 Å². The number of carbonyl (C=O) groups excluding carboxylic acids is 2. The SMILES string of the molecule is CNC(=O)c1ccc(NC(=O)C2(N)CCCC2)cc1. The first kappa shape index (κ1) is 13.5. The van der Waals surface area contributed by atoms with Gasteiger partial charge in [0, 0.05) is 18.3 Å². The summed E-state index contributed by atoms with van der Waals surface area (Å²) in [4.78, 5) is 23.5. The van der Waals surface area contributed by atoms with Gasteiger partial charge in [-0.15, -0.1) is 0 Å². The summed E-state index contributed by atoms with van der Waals surface area (Å²) in [5, 5.41) is 5.36. The molecule has 19 heavy (non-hydrogen) atoms. The average molecular weight is 261 g/mol. The highest BCUT2D eigenvalue weighted by atomic mass is 16.2. The smallest absolute Gasteiger partial charge is 0.251 e. The van der Waals surface area contributed by atoms with Gasteiger partial charge in [0.1, 0.15) is 0 Å². The molecular weight excluding hydrogens is 242 g/mol. The van der Waals surface area contributed by atoms with E-state index in [9.17, 15) is 9.59 Å². The topological polar surface area (TPSA) is 84.2 Å². The fraction of sp³-hybridized carbons (Fsp3) is 0.429. The quantitative estimate of drug-likeness (QED) is 0.765. The summed E-state index contributed by atoms with van der Waals surface area (Å²) in [6.45, 7) is 0. The zero-order chi connectivity index (χ0) is 13.9. The number of hydrogen-bond acceptors (Lipinski definition) is 3. The number of carbonyl (C=O) groups is 2. The highest BCUT2D eigenvalue weighted by Crippen LogP contribution is 2.28. The molecule has 5 heteroatoms. The van der Waals surface area contributed by atoms with E-state index in [2.05, 4.69) is 10.6 Å². The van der Waals surface area contributed by atoms with Crippen LogP contribution in [-0.4, -0.2) is 24.4 Å². The molecule has 2 rings (SSSR count). The number of amides is 2. The molecule has 0 aliphatic heterocycles. The van der Waals surface area contributed by atoms with Gasteiger partial charge in [0.25, 0.3) is 5.91 Å². The number of rotatable bonds is 3. The fourth-order valence-electron chi connectivity index (χ4n) is 2.34. The summed E-state index contributed by atoms with van der Waals surface area (Å²) in [5.41, 5.74) is 6.56. The van der Waals surface area contributed by atoms with Crippen LogP contribution in [0.15, 0.2) is 24.3 Å². The fourth-order valence-corrected chi connectivity index (χ4v) is 2.34. The van der Waals surface area contributed by atoms with Crippen molar-refractivity contribution in [3.05, 3.63) is 29.8 Å². The standard InChI is InChI=1S/C14H19N3O2/c1-16-12(18)10-4-6-11(7-5-10)17-13(19)14(15)8-2-3-9-14/h4-7H,2-3,8-9,15H2,1H3,(H,16,18)(H,17,19). The van der Waals surface area contributed by atoms with Gasteiger partial charge in [-0.1, -0.05) is 12.8 Å². The van der Waals surface area contributed by atoms with E-state index in [-0.39, 0.29) is 11.8 Å². The summed E-state index contributed by atoms with van der Waals surface area (Å²) in [7, 11) is 1.58. The predicted molar refractivity (Wildman–Crippen MR) is 73.8 cm³/mol. The van der Waals surface area contributed by atoms with Crippen molar-refractivity contribution in [2.45, 2.75) is 31.2 Å². The van der Waals surface area contributed by atoms with E-state index in [1.54, 1.807) is 31.3 Å². The summed E-state index contributed by atoms with van der Waals surface area (Å²) in [6.07, 6.45) is 3.46. The van der Waals surface area contributed by atoms with Gasteiger partial charge in [-0.05, 0) is 37.1 Å². The predicted octanol–water partition coefficient (Wildman–Crippen LogP) is 1.26. The Hall–Kier alpha value is -1.88. The molecule has 0 unspecified atom stereocenters. The minimum Gasteiger partial charge on any atom is -0.355 e. The Morgan fingerprint density at radius 1 is 1.16 bits per heavy atom. The highest BCUT2D eigenvalue weighted by molar-refractivity contribution is 5.99. The monoisotopic (exact) mass is 261 g/mol. The van der Waals surface area contributed by atoms with E-state index in [1.807, 2.05) is 0 Å². The zero-order valence-electron chi connectivity index (χ0n) is 11.0. The summed E-state index contributed by atoms with van der Waals surface area (Å²) >= 11 is 0. The van der Waals surface area contributed by atoms with Crippen LogP contribution >= 0.6 is 0 Å². The third-order valence-corrected chi connectivity index (χ3v) is 3.58. The van der Waals surface area contributed by atoms with Gasteiger partial charge in [-0.25, -0.2) is 0 Å². The second-order valence-electron chi connectivity index (χ2n) is 4.97.